The van der Waals surface area contributed by atoms with Crippen molar-refractivity contribution in [2.75, 3.05) is 19.8 Å². The van der Waals surface area contributed by atoms with E-state index in [1.54, 1.807) is 6.92 Å². The van der Waals surface area contributed by atoms with Gasteiger partial charge in [-0.25, -0.2) is 9.78 Å². The molecule has 6 heteroatoms. The van der Waals surface area contributed by atoms with E-state index in [4.69, 9.17) is 19.2 Å². The zero-order valence-electron chi connectivity index (χ0n) is 20.6. The molecule has 1 unspecified atom stereocenters. The maximum atomic E-state index is 12.1. The van der Waals surface area contributed by atoms with Crippen LogP contribution in [-0.4, -0.2) is 41.4 Å². The summed E-state index contributed by atoms with van der Waals surface area (Å²) in [4.78, 5) is 17.0. The largest absolute Gasteiger partial charge is 0.492 e. The highest BCUT2D eigenvalue weighted by Crippen LogP contribution is 2.24. The molecule has 6 nitrogen and oxygen atoms in total. The van der Waals surface area contributed by atoms with Crippen molar-refractivity contribution in [2.45, 2.75) is 39.8 Å². The number of aryl methyl sites for hydroxylation is 1. The van der Waals surface area contributed by atoms with E-state index in [1.807, 2.05) is 49.4 Å². The van der Waals surface area contributed by atoms with Gasteiger partial charge in [0.05, 0.1) is 30.1 Å². The first-order valence-electron chi connectivity index (χ1n) is 12.1. The lowest BCUT2D eigenvalue weighted by Crippen LogP contribution is -2.28. The number of para-hydroxylation sites is 1. The molecular formula is C29H32N2O4. The van der Waals surface area contributed by atoms with E-state index >= 15 is 0 Å². The molecule has 2 heterocycles. The number of aromatic nitrogens is 2. The van der Waals surface area contributed by atoms with Crippen LogP contribution in [0.2, 0.25) is 0 Å². The molecule has 4 aromatic rings. The highest BCUT2D eigenvalue weighted by Gasteiger charge is 2.20. The van der Waals surface area contributed by atoms with Crippen molar-refractivity contribution in [1.82, 2.24) is 9.55 Å². The van der Waals surface area contributed by atoms with Crippen LogP contribution < -0.4 is 4.74 Å². The quantitative estimate of drug-likeness (QED) is 0.266. The van der Waals surface area contributed by atoms with Crippen molar-refractivity contribution in [3.63, 3.8) is 0 Å². The summed E-state index contributed by atoms with van der Waals surface area (Å²) in [5.74, 6) is 0.460. The summed E-state index contributed by atoms with van der Waals surface area (Å²) in [5.41, 5.74) is 5.17. The number of benzene rings is 2. The van der Waals surface area contributed by atoms with Crippen LogP contribution in [0.15, 0.2) is 72.8 Å². The average Bonchev–Trinajstić information content (AvgIpc) is 3.24. The minimum Gasteiger partial charge on any atom is -0.492 e. The Labute approximate surface area is 206 Å². The number of esters is 1. The number of nitrogens with zero attached hydrogens (tertiary/aromatic N) is 2. The summed E-state index contributed by atoms with van der Waals surface area (Å²) in [6, 6.07) is 24.3. The standard InChI is InChI=1S/C29H32N2O4/c1-4-33-28(29(32)34-5-2)20-22-11-14-24(15-12-22)35-19-18-31-21(3)10-17-27(31)26-16-13-23-8-6-7-9-25(23)30-26/h6-17,28H,4-5,18-20H2,1-3H3. The van der Waals surface area contributed by atoms with Crippen molar-refractivity contribution in [1.29, 1.82) is 0 Å². The van der Waals surface area contributed by atoms with Gasteiger partial charge in [-0.15, -0.1) is 0 Å². The van der Waals surface area contributed by atoms with Crippen molar-refractivity contribution in [3.05, 3.63) is 84.1 Å². The molecule has 35 heavy (non-hydrogen) atoms. The summed E-state index contributed by atoms with van der Waals surface area (Å²) < 4.78 is 18.9. The Morgan fingerprint density at radius 3 is 2.51 bits per heavy atom. The molecule has 0 spiro atoms. The lowest BCUT2D eigenvalue weighted by Gasteiger charge is -2.16. The average molecular weight is 473 g/mol. The first-order chi connectivity index (χ1) is 17.1. The molecule has 0 aliphatic heterocycles. The van der Waals surface area contributed by atoms with Gasteiger partial charge in [0, 0.05) is 24.1 Å². The van der Waals surface area contributed by atoms with Gasteiger partial charge < -0.3 is 18.8 Å². The SMILES string of the molecule is CCOC(=O)C(Cc1ccc(OCCn2c(C)ccc2-c2ccc3ccccc3n2)cc1)OCC. The molecule has 0 radical (unpaired) electrons. The van der Waals surface area contributed by atoms with Crippen molar-refractivity contribution in [3.8, 4) is 17.1 Å². The third-order valence-electron chi connectivity index (χ3n) is 5.91. The van der Waals surface area contributed by atoms with E-state index in [9.17, 15) is 4.79 Å². The van der Waals surface area contributed by atoms with Gasteiger partial charge >= 0.3 is 5.97 Å². The Morgan fingerprint density at radius 2 is 1.74 bits per heavy atom. The van der Waals surface area contributed by atoms with Gasteiger partial charge in [0.2, 0.25) is 0 Å². The van der Waals surface area contributed by atoms with Gasteiger partial charge in [-0.3, -0.25) is 0 Å². The monoisotopic (exact) mass is 472 g/mol. The molecule has 2 aromatic heterocycles. The number of ether oxygens (including phenoxy) is 3. The zero-order chi connectivity index (χ0) is 24.6. The number of pyridine rings is 1. The number of fused-ring (bicyclic) bond motifs is 1. The second-order valence-electron chi connectivity index (χ2n) is 8.29. The summed E-state index contributed by atoms with van der Waals surface area (Å²) in [6.07, 6.45) is -0.122. The Hall–Kier alpha value is -3.64. The maximum absolute atomic E-state index is 12.1. The van der Waals surface area contributed by atoms with Crippen LogP contribution >= 0.6 is 0 Å². The molecule has 1 atom stereocenters. The smallest absolute Gasteiger partial charge is 0.335 e. The molecular weight excluding hydrogens is 440 g/mol. The maximum Gasteiger partial charge on any atom is 0.335 e. The second kappa shape index (κ2) is 11.7. The Balaban J connectivity index is 1.38. The fourth-order valence-corrected chi connectivity index (χ4v) is 4.14. The fraction of sp³-hybridized carbons (Fsp3) is 0.310. The first kappa shape index (κ1) is 24.5. The molecule has 0 amide bonds. The van der Waals surface area contributed by atoms with Gasteiger partial charge in [0.1, 0.15) is 12.4 Å². The molecule has 0 saturated carbocycles. The molecule has 0 N–H and O–H groups in total. The van der Waals surface area contributed by atoms with E-state index in [0.717, 1.165) is 39.3 Å². The topological polar surface area (TPSA) is 62.6 Å². The minimum atomic E-state index is -0.592. The van der Waals surface area contributed by atoms with Crippen LogP contribution in [0.1, 0.15) is 25.1 Å². The van der Waals surface area contributed by atoms with E-state index in [2.05, 4.69) is 41.8 Å². The van der Waals surface area contributed by atoms with Gasteiger partial charge in [-0.2, -0.15) is 0 Å². The molecule has 0 bridgehead atoms. The van der Waals surface area contributed by atoms with Crippen LogP contribution in [0.25, 0.3) is 22.3 Å². The van der Waals surface area contributed by atoms with E-state index in [0.29, 0.717) is 32.8 Å². The third-order valence-corrected chi connectivity index (χ3v) is 5.91. The van der Waals surface area contributed by atoms with Gasteiger partial charge in [0.15, 0.2) is 6.10 Å². The first-order valence-corrected chi connectivity index (χ1v) is 12.1. The van der Waals surface area contributed by atoms with Crippen LogP contribution in [0.3, 0.4) is 0 Å². The molecule has 0 saturated heterocycles. The normalized spacial score (nSPS) is 12.0. The van der Waals surface area contributed by atoms with Crippen LogP contribution in [0, 0.1) is 6.92 Å². The fourth-order valence-electron chi connectivity index (χ4n) is 4.14. The van der Waals surface area contributed by atoms with E-state index in [-0.39, 0.29) is 5.97 Å². The van der Waals surface area contributed by atoms with Gasteiger partial charge in [-0.05, 0) is 62.7 Å². The highest BCUT2D eigenvalue weighted by atomic mass is 16.6. The number of hydrogen-bond acceptors (Lipinski definition) is 5. The van der Waals surface area contributed by atoms with Crippen molar-refractivity contribution < 1.29 is 19.0 Å². The number of carbonyl (C=O) groups is 1. The summed E-state index contributed by atoms with van der Waals surface area (Å²) in [5, 5.41) is 1.13. The molecule has 0 aliphatic carbocycles. The van der Waals surface area contributed by atoms with Crippen LogP contribution in [0.4, 0.5) is 0 Å². The number of hydrogen-bond donors (Lipinski definition) is 0. The lowest BCUT2D eigenvalue weighted by molar-refractivity contribution is -0.156. The van der Waals surface area contributed by atoms with Crippen LogP contribution in [0.5, 0.6) is 5.75 Å². The van der Waals surface area contributed by atoms with Crippen molar-refractivity contribution >= 4 is 16.9 Å². The molecule has 0 aliphatic rings. The number of rotatable bonds is 11. The summed E-state index contributed by atoms with van der Waals surface area (Å²) >= 11 is 0. The van der Waals surface area contributed by atoms with Gasteiger partial charge in [-0.1, -0.05) is 36.4 Å². The van der Waals surface area contributed by atoms with E-state index < -0.39 is 6.10 Å². The summed E-state index contributed by atoms with van der Waals surface area (Å²) in [6.45, 7) is 7.80. The minimum absolute atomic E-state index is 0.325. The zero-order valence-corrected chi connectivity index (χ0v) is 20.6. The van der Waals surface area contributed by atoms with Crippen molar-refractivity contribution in [2.24, 2.45) is 0 Å². The number of carbonyl (C=O) groups excluding carboxylic acids is 1. The Bertz CT molecular complexity index is 1260. The second-order valence-corrected chi connectivity index (χ2v) is 8.29. The highest BCUT2D eigenvalue weighted by molar-refractivity contribution is 5.81. The van der Waals surface area contributed by atoms with Gasteiger partial charge in [0.25, 0.3) is 0 Å². The van der Waals surface area contributed by atoms with E-state index in [1.165, 1.54) is 0 Å². The Morgan fingerprint density at radius 1 is 0.943 bits per heavy atom. The molecule has 182 valence electrons. The third kappa shape index (κ3) is 6.08. The summed E-state index contributed by atoms with van der Waals surface area (Å²) in [7, 11) is 0. The predicted octanol–water partition coefficient (Wildman–Crippen LogP) is 5.60. The predicted molar refractivity (Wildman–Crippen MR) is 138 cm³/mol. The molecule has 4 rings (SSSR count). The lowest BCUT2D eigenvalue weighted by atomic mass is 10.1. The Kier molecular flexibility index (Phi) is 8.16. The van der Waals surface area contributed by atoms with Crippen LogP contribution in [-0.2, 0) is 27.2 Å². The molecule has 2 aromatic carbocycles. The molecule has 0 fully saturated rings.